The Hall–Kier alpha value is -2.96. The number of hydrogen-bond donors (Lipinski definition) is 2. The molecule has 0 saturated heterocycles. The number of hydrogen-bond acceptors (Lipinski definition) is 4. The second-order valence-electron chi connectivity index (χ2n) is 5.81. The maximum absolute atomic E-state index is 12.3. The molecule has 1 aromatic carbocycles. The van der Waals surface area contributed by atoms with Crippen molar-refractivity contribution in [3.05, 3.63) is 57.4 Å². The van der Waals surface area contributed by atoms with Crippen molar-refractivity contribution in [2.24, 2.45) is 7.05 Å². The van der Waals surface area contributed by atoms with Gasteiger partial charge in [0.1, 0.15) is 0 Å². The lowest BCUT2D eigenvalue weighted by Gasteiger charge is -2.07. The van der Waals surface area contributed by atoms with E-state index in [1.807, 2.05) is 13.8 Å². The van der Waals surface area contributed by atoms with Crippen LogP contribution in [0.2, 0.25) is 0 Å². The quantitative estimate of drug-likeness (QED) is 0.755. The van der Waals surface area contributed by atoms with Gasteiger partial charge in [-0.3, -0.25) is 14.7 Å². The first-order valence-electron chi connectivity index (χ1n) is 7.71. The van der Waals surface area contributed by atoms with E-state index in [1.54, 1.807) is 25.2 Å². The fourth-order valence-electron chi connectivity index (χ4n) is 2.70. The van der Waals surface area contributed by atoms with Gasteiger partial charge in [-0.1, -0.05) is 0 Å². The molecule has 0 aliphatic carbocycles. The average molecular weight is 325 g/mol. The summed E-state index contributed by atoms with van der Waals surface area (Å²) in [6.07, 6.45) is 2.17. The summed E-state index contributed by atoms with van der Waals surface area (Å²) in [6, 6.07) is 4.93. The Labute approximate surface area is 138 Å². The predicted molar refractivity (Wildman–Crippen MR) is 91.1 cm³/mol. The molecule has 124 valence electrons. The molecule has 3 rings (SSSR count). The van der Waals surface area contributed by atoms with Crippen molar-refractivity contribution < 1.29 is 4.79 Å². The lowest BCUT2D eigenvalue weighted by Crippen LogP contribution is -2.26. The second-order valence-corrected chi connectivity index (χ2v) is 5.81. The smallest absolute Gasteiger partial charge is 0.260 e. The summed E-state index contributed by atoms with van der Waals surface area (Å²) in [5.41, 5.74) is 3.98. The van der Waals surface area contributed by atoms with Gasteiger partial charge < -0.3 is 9.88 Å². The summed E-state index contributed by atoms with van der Waals surface area (Å²) in [6.45, 7) is 4.42. The molecular weight excluding hydrogens is 306 g/mol. The molecule has 0 bridgehead atoms. The molecule has 0 spiro atoms. The number of rotatable bonds is 4. The molecule has 7 heteroatoms. The number of nitrogens with zero attached hydrogens (tertiary/aromatic N) is 3. The number of amides is 1. The van der Waals surface area contributed by atoms with Crippen LogP contribution < -0.4 is 10.9 Å². The molecule has 2 heterocycles. The number of carbonyl (C=O) groups excluding carboxylic acids is 1. The zero-order valence-electron chi connectivity index (χ0n) is 13.9. The standard InChI is InChI=1S/C17H19N5O2/c1-10-13(11(2)21-20-10)6-7-18-16(23)12-4-5-14-15(8-12)19-9-22(3)17(14)24/h4-5,8-9H,6-7H2,1-3H3,(H,18,23)(H,20,21). The lowest BCUT2D eigenvalue weighted by molar-refractivity contribution is 0.0954. The number of nitrogens with one attached hydrogen (secondary N) is 2. The Bertz CT molecular complexity index is 951. The number of aromatic nitrogens is 4. The summed E-state index contributed by atoms with van der Waals surface area (Å²) < 4.78 is 1.41. The van der Waals surface area contributed by atoms with E-state index < -0.39 is 0 Å². The first-order valence-corrected chi connectivity index (χ1v) is 7.71. The van der Waals surface area contributed by atoms with Crippen molar-refractivity contribution in [3.8, 4) is 0 Å². The van der Waals surface area contributed by atoms with Crippen LogP contribution in [0.15, 0.2) is 29.3 Å². The number of benzene rings is 1. The molecule has 2 aromatic heterocycles. The van der Waals surface area contributed by atoms with Crippen LogP contribution in [0, 0.1) is 13.8 Å². The lowest BCUT2D eigenvalue weighted by atomic mass is 10.1. The van der Waals surface area contributed by atoms with Crippen molar-refractivity contribution in [2.75, 3.05) is 6.54 Å². The zero-order chi connectivity index (χ0) is 17.3. The van der Waals surface area contributed by atoms with Crippen molar-refractivity contribution in [1.29, 1.82) is 0 Å². The van der Waals surface area contributed by atoms with E-state index in [0.29, 0.717) is 29.4 Å². The third-order valence-electron chi connectivity index (χ3n) is 4.12. The van der Waals surface area contributed by atoms with Crippen LogP contribution in [0.5, 0.6) is 0 Å². The van der Waals surface area contributed by atoms with Crippen LogP contribution in [-0.2, 0) is 13.5 Å². The fraction of sp³-hybridized carbons (Fsp3) is 0.294. The Balaban J connectivity index is 1.72. The Morgan fingerprint density at radius 1 is 1.33 bits per heavy atom. The summed E-state index contributed by atoms with van der Waals surface area (Å²) in [4.78, 5) is 28.5. The maximum Gasteiger partial charge on any atom is 0.260 e. The van der Waals surface area contributed by atoms with Crippen molar-refractivity contribution in [2.45, 2.75) is 20.3 Å². The SMILES string of the molecule is Cc1n[nH]c(C)c1CCNC(=O)c1ccc2c(=O)n(C)cnc2c1. The van der Waals surface area contributed by atoms with Gasteiger partial charge in [-0.25, -0.2) is 4.98 Å². The van der Waals surface area contributed by atoms with Gasteiger partial charge in [-0.2, -0.15) is 5.10 Å². The number of aryl methyl sites for hydroxylation is 3. The third kappa shape index (κ3) is 2.92. The molecule has 2 N–H and O–H groups in total. The largest absolute Gasteiger partial charge is 0.352 e. The number of carbonyl (C=O) groups is 1. The maximum atomic E-state index is 12.3. The van der Waals surface area contributed by atoms with E-state index in [-0.39, 0.29) is 11.5 Å². The van der Waals surface area contributed by atoms with E-state index in [0.717, 1.165) is 17.0 Å². The molecule has 0 atom stereocenters. The van der Waals surface area contributed by atoms with Gasteiger partial charge in [0.2, 0.25) is 0 Å². The average Bonchev–Trinajstić information content (AvgIpc) is 2.89. The van der Waals surface area contributed by atoms with Crippen LogP contribution in [-0.4, -0.2) is 32.2 Å². The van der Waals surface area contributed by atoms with E-state index in [4.69, 9.17) is 0 Å². The summed E-state index contributed by atoms with van der Waals surface area (Å²) in [5, 5.41) is 10.5. The van der Waals surface area contributed by atoms with Crippen molar-refractivity contribution in [1.82, 2.24) is 25.1 Å². The van der Waals surface area contributed by atoms with Crippen molar-refractivity contribution in [3.63, 3.8) is 0 Å². The molecule has 0 fully saturated rings. The first-order chi connectivity index (χ1) is 11.5. The minimum Gasteiger partial charge on any atom is -0.352 e. The zero-order valence-corrected chi connectivity index (χ0v) is 13.9. The first kappa shape index (κ1) is 15.9. The van der Waals surface area contributed by atoms with Gasteiger partial charge in [0.15, 0.2) is 0 Å². The van der Waals surface area contributed by atoms with Crippen LogP contribution in [0.4, 0.5) is 0 Å². The van der Waals surface area contributed by atoms with Gasteiger partial charge in [-0.15, -0.1) is 0 Å². The topological polar surface area (TPSA) is 92.7 Å². The minimum absolute atomic E-state index is 0.127. The highest BCUT2D eigenvalue weighted by atomic mass is 16.1. The van der Waals surface area contributed by atoms with Gasteiger partial charge in [0.25, 0.3) is 11.5 Å². The van der Waals surface area contributed by atoms with E-state index in [2.05, 4.69) is 20.5 Å². The molecule has 0 aliphatic rings. The van der Waals surface area contributed by atoms with Crippen LogP contribution in [0.1, 0.15) is 27.3 Å². The monoisotopic (exact) mass is 325 g/mol. The molecule has 24 heavy (non-hydrogen) atoms. The Morgan fingerprint density at radius 2 is 2.12 bits per heavy atom. The number of H-pyrrole nitrogens is 1. The van der Waals surface area contributed by atoms with Crippen LogP contribution in [0.3, 0.4) is 0 Å². The number of fused-ring (bicyclic) bond motifs is 1. The van der Waals surface area contributed by atoms with Gasteiger partial charge in [-0.05, 0) is 44.0 Å². The second kappa shape index (κ2) is 6.27. The minimum atomic E-state index is -0.182. The fourth-order valence-corrected chi connectivity index (χ4v) is 2.70. The van der Waals surface area contributed by atoms with Gasteiger partial charge >= 0.3 is 0 Å². The normalized spacial score (nSPS) is 11.0. The van der Waals surface area contributed by atoms with Gasteiger partial charge in [0, 0.05) is 24.8 Å². The summed E-state index contributed by atoms with van der Waals surface area (Å²) in [7, 11) is 1.65. The highest BCUT2D eigenvalue weighted by molar-refractivity contribution is 5.97. The van der Waals surface area contributed by atoms with E-state index in [1.165, 1.54) is 10.9 Å². The molecule has 1 amide bonds. The van der Waals surface area contributed by atoms with Gasteiger partial charge in [0.05, 0.1) is 22.9 Å². The van der Waals surface area contributed by atoms with E-state index >= 15 is 0 Å². The highest BCUT2D eigenvalue weighted by Crippen LogP contribution is 2.11. The van der Waals surface area contributed by atoms with E-state index in [9.17, 15) is 9.59 Å². The molecule has 0 saturated carbocycles. The molecule has 0 aliphatic heterocycles. The van der Waals surface area contributed by atoms with Crippen LogP contribution in [0.25, 0.3) is 10.9 Å². The Kier molecular flexibility index (Phi) is 4.16. The summed E-state index contributed by atoms with van der Waals surface area (Å²) in [5.74, 6) is -0.182. The molecule has 7 nitrogen and oxygen atoms in total. The molecule has 0 radical (unpaired) electrons. The van der Waals surface area contributed by atoms with Crippen LogP contribution >= 0.6 is 0 Å². The number of aromatic amines is 1. The summed E-state index contributed by atoms with van der Waals surface area (Å²) >= 11 is 0. The predicted octanol–water partition coefficient (Wildman–Crippen LogP) is 1.25. The third-order valence-corrected chi connectivity index (χ3v) is 4.12. The molecule has 0 unspecified atom stereocenters. The van der Waals surface area contributed by atoms with Crippen molar-refractivity contribution >= 4 is 16.8 Å². The molecule has 3 aromatic rings. The highest BCUT2D eigenvalue weighted by Gasteiger charge is 2.10. The Morgan fingerprint density at radius 3 is 2.83 bits per heavy atom. The molecular formula is C17H19N5O2.